The highest BCUT2D eigenvalue weighted by atomic mass is 19.4. The van der Waals surface area contributed by atoms with E-state index < -0.39 is 11.7 Å². The van der Waals surface area contributed by atoms with E-state index in [1.165, 1.54) is 12.1 Å². The Hall–Kier alpha value is -1.56. The number of piperidine rings is 1. The van der Waals surface area contributed by atoms with Gasteiger partial charge in [0.25, 0.3) is 0 Å². The minimum Gasteiger partial charge on any atom is -0.325 e. The van der Waals surface area contributed by atoms with Crippen molar-refractivity contribution in [2.75, 3.05) is 11.9 Å². The summed E-state index contributed by atoms with van der Waals surface area (Å²) < 4.78 is 37.4. The van der Waals surface area contributed by atoms with Crippen LogP contribution < -0.4 is 10.6 Å². The van der Waals surface area contributed by atoms with Crippen LogP contribution in [0.4, 0.5) is 18.9 Å². The van der Waals surface area contributed by atoms with Crippen molar-refractivity contribution >= 4 is 11.6 Å². The van der Waals surface area contributed by atoms with Gasteiger partial charge in [-0.2, -0.15) is 13.2 Å². The lowest BCUT2D eigenvalue weighted by molar-refractivity contribution is -0.137. The lowest BCUT2D eigenvalue weighted by Crippen LogP contribution is -2.53. The van der Waals surface area contributed by atoms with Crippen molar-refractivity contribution < 1.29 is 18.0 Å². The summed E-state index contributed by atoms with van der Waals surface area (Å²) in [5, 5.41) is 5.85. The van der Waals surface area contributed by atoms with E-state index in [-0.39, 0.29) is 17.4 Å². The molecular weight excluding hydrogens is 281 g/mol. The van der Waals surface area contributed by atoms with Crippen LogP contribution in [0, 0.1) is 5.41 Å². The van der Waals surface area contributed by atoms with E-state index in [0.717, 1.165) is 31.5 Å². The van der Waals surface area contributed by atoms with E-state index in [2.05, 4.69) is 10.6 Å². The number of hydrogen-bond acceptors (Lipinski definition) is 2. The van der Waals surface area contributed by atoms with Crippen LogP contribution in [0.15, 0.2) is 24.3 Å². The van der Waals surface area contributed by atoms with E-state index in [9.17, 15) is 18.0 Å². The van der Waals surface area contributed by atoms with E-state index in [4.69, 9.17) is 0 Å². The number of carbonyl (C=O) groups is 1. The Balaban J connectivity index is 2.06. The summed E-state index contributed by atoms with van der Waals surface area (Å²) in [6.45, 7) is 4.79. The fraction of sp³-hybridized carbons (Fsp3) is 0.533. The summed E-state index contributed by atoms with van der Waals surface area (Å²) in [7, 11) is 0. The van der Waals surface area contributed by atoms with Crippen LogP contribution in [0.3, 0.4) is 0 Å². The van der Waals surface area contributed by atoms with Crippen molar-refractivity contribution in [3.8, 4) is 0 Å². The highest BCUT2D eigenvalue weighted by Crippen LogP contribution is 2.32. The molecule has 116 valence electrons. The molecule has 0 aromatic heterocycles. The lowest BCUT2D eigenvalue weighted by atomic mass is 9.77. The molecule has 1 saturated heterocycles. The zero-order chi connectivity index (χ0) is 15.7. The van der Waals surface area contributed by atoms with Crippen molar-refractivity contribution in [2.45, 2.75) is 38.9 Å². The third kappa shape index (κ3) is 3.75. The Labute approximate surface area is 121 Å². The number of benzene rings is 1. The van der Waals surface area contributed by atoms with Crippen molar-refractivity contribution in [3.05, 3.63) is 29.8 Å². The molecule has 1 amide bonds. The predicted molar refractivity (Wildman–Crippen MR) is 74.9 cm³/mol. The zero-order valence-corrected chi connectivity index (χ0v) is 12.1. The second-order valence-corrected chi connectivity index (χ2v) is 6.04. The summed E-state index contributed by atoms with van der Waals surface area (Å²) in [5.74, 6) is -0.209. The van der Waals surface area contributed by atoms with E-state index in [1.807, 2.05) is 13.8 Å². The number of nitrogens with one attached hydrogen (secondary N) is 2. The molecule has 1 aliphatic heterocycles. The third-order valence-corrected chi connectivity index (χ3v) is 3.87. The van der Waals surface area contributed by atoms with Crippen molar-refractivity contribution in [3.63, 3.8) is 0 Å². The van der Waals surface area contributed by atoms with Gasteiger partial charge in [-0.3, -0.25) is 4.79 Å². The second-order valence-electron chi connectivity index (χ2n) is 6.04. The van der Waals surface area contributed by atoms with E-state index in [0.29, 0.717) is 5.69 Å². The molecular formula is C15H19F3N2O. The first-order valence-corrected chi connectivity index (χ1v) is 6.92. The van der Waals surface area contributed by atoms with E-state index >= 15 is 0 Å². The molecule has 1 atom stereocenters. The number of anilines is 1. The zero-order valence-electron chi connectivity index (χ0n) is 12.1. The standard InChI is InChI=1S/C15H19F3N2O/c1-14(2)8-3-9-19-12(14)13(21)20-11-6-4-10(5-7-11)15(16,17)18/h4-7,12,19H,3,8-9H2,1-2H3,(H,20,21). The van der Waals surface area contributed by atoms with Crippen molar-refractivity contribution in [2.24, 2.45) is 5.41 Å². The summed E-state index contributed by atoms with van der Waals surface area (Å²) in [4.78, 5) is 12.3. The van der Waals surface area contributed by atoms with Gasteiger partial charge in [0.2, 0.25) is 5.91 Å². The van der Waals surface area contributed by atoms with Gasteiger partial charge in [0.1, 0.15) is 0 Å². The molecule has 3 nitrogen and oxygen atoms in total. The number of hydrogen-bond donors (Lipinski definition) is 2. The monoisotopic (exact) mass is 300 g/mol. The molecule has 1 aliphatic rings. The van der Waals surface area contributed by atoms with Gasteiger partial charge in [0.05, 0.1) is 11.6 Å². The van der Waals surface area contributed by atoms with Gasteiger partial charge < -0.3 is 10.6 Å². The molecule has 1 fully saturated rings. The number of alkyl halides is 3. The number of carbonyl (C=O) groups excluding carboxylic acids is 1. The Kier molecular flexibility index (Phi) is 4.27. The SMILES string of the molecule is CC1(C)CCCNC1C(=O)Nc1ccc(C(F)(F)F)cc1. The molecule has 6 heteroatoms. The molecule has 1 aromatic carbocycles. The molecule has 1 aromatic rings. The Bertz CT molecular complexity index is 509. The molecule has 2 N–H and O–H groups in total. The van der Waals surface area contributed by atoms with Gasteiger partial charge in [-0.15, -0.1) is 0 Å². The van der Waals surface area contributed by atoms with Crippen LogP contribution in [0.1, 0.15) is 32.3 Å². The molecule has 0 saturated carbocycles. The van der Waals surface area contributed by atoms with Crippen LogP contribution >= 0.6 is 0 Å². The average molecular weight is 300 g/mol. The highest BCUT2D eigenvalue weighted by Gasteiger charge is 2.37. The second kappa shape index (κ2) is 5.67. The molecule has 0 aliphatic carbocycles. The number of rotatable bonds is 2. The first-order chi connectivity index (χ1) is 9.70. The molecule has 0 spiro atoms. The largest absolute Gasteiger partial charge is 0.416 e. The molecule has 21 heavy (non-hydrogen) atoms. The average Bonchev–Trinajstić information content (AvgIpc) is 2.37. The highest BCUT2D eigenvalue weighted by molar-refractivity contribution is 5.95. The maximum absolute atomic E-state index is 12.5. The maximum atomic E-state index is 12.5. The smallest absolute Gasteiger partial charge is 0.325 e. The van der Waals surface area contributed by atoms with Crippen molar-refractivity contribution in [1.82, 2.24) is 5.32 Å². The summed E-state index contributed by atoms with van der Waals surface area (Å²) >= 11 is 0. The fourth-order valence-corrected chi connectivity index (χ4v) is 2.62. The number of amides is 1. The Morgan fingerprint density at radius 2 is 1.90 bits per heavy atom. The van der Waals surface area contributed by atoms with Gasteiger partial charge in [0.15, 0.2) is 0 Å². The van der Waals surface area contributed by atoms with Crippen LogP contribution in [0.5, 0.6) is 0 Å². The van der Waals surface area contributed by atoms with Gasteiger partial charge in [-0.1, -0.05) is 13.8 Å². The molecule has 0 bridgehead atoms. The third-order valence-electron chi connectivity index (χ3n) is 3.87. The first-order valence-electron chi connectivity index (χ1n) is 6.92. The first kappa shape index (κ1) is 15.8. The summed E-state index contributed by atoms with van der Waals surface area (Å²) in [5.41, 5.74) is -0.526. The van der Waals surface area contributed by atoms with Gasteiger partial charge in [0, 0.05) is 5.69 Å². The van der Waals surface area contributed by atoms with Crippen molar-refractivity contribution in [1.29, 1.82) is 0 Å². The van der Waals surface area contributed by atoms with E-state index in [1.54, 1.807) is 0 Å². The van der Waals surface area contributed by atoms with Crippen LogP contribution in [0.25, 0.3) is 0 Å². The predicted octanol–water partition coefficient (Wildman–Crippen LogP) is 3.42. The van der Waals surface area contributed by atoms with Crippen LogP contribution in [0.2, 0.25) is 0 Å². The minimum absolute atomic E-state index is 0.172. The normalized spacial score (nSPS) is 21.9. The Morgan fingerprint density at radius 1 is 1.29 bits per heavy atom. The van der Waals surface area contributed by atoms with Gasteiger partial charge >= 0.3 is 6.18 Å². The fourth-order valence-electron chi connectivity index (χ4n) is 2.62. The maximum Gasteiger partial charge on any atom is 0.416 e. The summed E-state index contributed by atoms with van der Waals surface area (Å²) in [6, 6.07) is 4.14. The quantitative estimate of drug-likeness (QED) is 0.878. The molecule has 1 heterocycles. The van der Waals surface area contributed by atoms with Crippen LogP contribution in [-0.4, -0.2) is 18.5 Å². The molecule has 1 unspecified atom stereocenters. The molecule has 2 rings (SSSR count). The number of halogens is 3. The Morgan fingerprint density at radius 3 is 2.43 bits per heavy atom. The topological polar surface area (TPSA) is 41.1 Å². The van der Waals surface area contributed by atoms with Gasteiger partial charge in [-0.25, -0.2) is 0 Å². The van der Waals surface area contributed by atoms with Crippen LogP contribution in [-0.2, 0) is 11.0 Å². The lowest BCUT2D eigenvalue weighted by Gasteiger charge is -2.38. The summed E-state index contributed by atoms with van der Waals surface area (Å²) in [6.07, 6.45) is -2.42. The molecule has 0 radical (unpaired) electrons. The van der Waals surface area contributed by atoms with Gasteiger partial charge in [-0.05, 0) is 49.1 Å². The minimum atomic E-state index is -4.37.